The number of benzene rings is 1. The molecule has 0 bridgehead atoms. The Morgan fingerprint density at radius 3 is 2.61 bits per heavy atom. The Morgan fingerprint density at radius 1 is 1.10 bits per heavy atom. The van der Waals surface area contributed by atoms with Gasteiger partial charge in [-0.3, -0.25) is 4.79 Å². The van der Waals surface area contributed by atoms with E-state index in [1.165, 1.54) is 6.07 Å². The number of amides is 1. The molecule has 11 nitrogen and oxygen atoms in total. The molecule has 2 aliphatic rings. The van der Waals surface area contributed by atoms with Gasteiger partial charge in [0.2, 0.25) is 5.91 Å². The third-order valence-corrected chi connectivity index (χ3v) is 9.80. The van der Waals surface area contributed by atoms with Gasteiger partial charge in [0.25, 0.3) is 0 Å². The molecule has 0 saturated carbocycles. The largest absolute Gasteiger partial charge is 0.490 e. The van der Waals surface area contributed by atoms with Gasteiger partial charge in [0.15, 0.2) is 17.7 Å². The molecule has 1 saturated heterocycles. The molecule has 3 aromatic heterocycles. The molecule has 5 heterocycles. The third kappa shape index (κ3) is 7.30. The van der Waals surface area contributed by atoms with E-state index in [-0.39, 0.29) is 11.7 Å². The molecule has 51 heavy (non-hydrogen) atoms. The molecule has 1 aromatic carbocycles. The maximum Gasteiger partial charge on any atom is 0.337 e. The van der Waals surface area contributed by atoms with Gasteiger partial charge in [-0.05, 0) is 89.3 Å². The van der Waals surface area contributed by atoms with E-state index in [2.05, 4.69) is 4.90 Å². The number of aliphatic carboxylic acids is 1. The molecule has 0 spiro atoms. The van der Waals surface area contributed by atoms with Crippen molar-refractivity contribution in [2.45, 2.75) is 72.0 Å². The summed E-state index contributed by atoms with van der Waals surface area (Å²) in [5.74, 6) is -0.476. The Bertz CT molecular complexity index is 1970. The quantitative estimate of drug-likeness (QED) is 0.212. The van der Waals surface area contributed by atoms with Crippen LogP contribution in [0.4, 0.5) is 10.2 Å². The van der Waals surface area contributed by atoms with Crippen LogP contribution in [0.5, 0.6) is 5.75 Å². The van der Waals surface area contributed by atoms with Crippen molar-refractivity contribution in [1.82, 2.24) is 19.4 Å². The van der Waals surface area contributed by atoms with E-state index >= 15 is 4.39 Å². The zero-order chi connectivity index (χ0) is 36.6. The highest BCUT2D eigenvalue weighted by Crippen LogP contribution is 2.45. The summed E-state index contributed by atoms with van der Waals surface area (Å²) in [6.07, 6.45) is 3.02. The van der Waals surface area contributed by atoms with Gasteiger partial charge in [-0.2, -0.15) is 0 Å². The molecule has 0 unspecified atom stereocenters. The van der Waals surface area contributed by atoms with Crippen LogP contribution in [0.3, 0.4) is 0 Å². The van der Waals surface area contributed by atoms with Gasteiger partial charge < -0.3 is 33.7 Å². The van der Waals surface area contributed by atoms with E-state index in [4.69, 9.17) is 24.2 Å². The number of fused-ring (bicyclic) bond motifs is 2. The van der Waals surface area contributed by atoms with Crippen molar-refractivity contribution in [2.75, 3.05) is 51.4 Å². The molecule has 1 amide bonds. The molecule has 12 heteroatoms. The summed E-state index contributed by atoms with van der Waals surface area (Å²) < 4.78 is 34.9. The molecule has 4 aromatic rings. The van der Waals surface area contributed by atoms with Crippen LogP contribution in [-0.4, -0.2) is 88.5 Å². The minimum absolute atomic E-state index is 0.0912. The van der Waals surface area contributed by atoms with Gasteiger partial charge >= 0.3 is 5.97 Å². The minimum atomic E-state index is -1.35. The van der Waals surface area contributed by atoms with Gasteiger partial charge in [-0.15, -0.1) is 0 Å². The summed E-state index contributed by atoms with van der Waals surface area (Å²) >= 11 is 0. The first kappa shape index (κ1) is 36.2. The van der Waals surface area contributed by atoms with Crippen LogP contribution >= 0.6 is 0 Å². The molecule has 6 rings (SSSR count). The van der Waals surface area contributed by atoms with Crippen molar-refractivity contribution >= 4 is 28.7 Å². The maximum absolute atomic E-state index is 15.9. The average molecular weight is 702 g/mol. The second kappa shape index (κ2) is 14.6. The molecular formula is C39H48FN5O6. The number of hydrogen-bond acceptors (Lipinski definition) is 8. The first-order valence-electron chi connectivity index (χ1n) is 17.6. The number of nitrogens with zero attached hydrogens (tertiary/aromatic N) is 5. The van der Waals surface area contributed by atoms with Crippen molar-refractivity contribution in [2.24, 2.45) is 7.05 Å². The Balaban J connectivity index is 1.49. The summed E-state index contributed by atoms with van der Waals surface area (Å²) in [6, 6.07) is 7.44. The first-order chi connectivity index (χ1) is 24.3. The predicted molar refractivity (Wildman–Crippen MR) is 194 cm³/mol. The lowest BCUT2D eigenvalue weighted by atomic mass is 9.86. The lowest BCUT2D eigenvalue weighted by molar-refractivity contribution is -0.160. The summed E-state index contributed by atoms with van der Waals surface area (Å²) in [4.78, 5) is 39.4. The smallest absolute Gasteiger partial charge is 0.337 e. The molecular weight excluding hydrogens is 653 g/mol. The Kier molecular flexibility index (Phi) is 10.4. The van der Waals surface area contributed by atoms with Crippen molar-refractivity contribution in [3.8, 4) is 28.1 Å². The summed E-state index contributed by atoms with van der Waals surface area (Å²) in [6.45, 7) is 12.7. The highest BCUT2D eigenvalue weighted by molar-refractivity contribution is 6.01. The molecule has 272 valence electrons. The highest BCUT2D eigenvalue weighted by Gasteiger charge is 2.34. The standard InChI is InChI=1S/C39H48FN5O6/c1-23-26-10-8-18-50-35(26)29(40)21-27(23)34-28-22-30(43(6)37(28)42-24(2)33(34)36(38(47)48)51-39(3,4)5)25-11-13-41-31(20-25)44-14-9-15-45(17-16-44)32(46)12-19-49-7/h11,13,20-22,36H,8-10,12,14-19H2,1-7H3,(H,47,48)/t36-/m0/s1. The van der Waals surface area contributed by atoms with Crippen molar-refractivity contribution in [3.05, 3.63) is 58.7 Å². The number of aryl methyl sites for hydroxylation is 2. The SMILES string of the molecule is COCCC(=O)N1CCCN(c2cc(-c3cc4c(-c5cc(F)c6c(c5C)CCCO6)c([C@H](OC(C)(C)C)C(=O)O)c(C)nc4n3C)ccn2)CC1. The molecule has 1 atom stereocenters. The van der Waals surface area contributed by atoms with Crippen molar-refractivity contribution in [3.63, 3.8) is 0 Å². The maximum atomic E-state index is 15.9. The number of methoxy groups -OCH3 is 1. The van der Waals surface area contributed by atoms with E-state index in [0.29, 0.717) is 79.1 Å². The van der Waals surface area contributed by atoms with E-state index in [9.17, 15) is 14.7 Å². The number of carbonyl (C=O) groups is 2. The van der Waals surface area contributed by atoms with Crippen LogP contribution in [0, 0.1) is 19.7 Å². The molecule has 0 aliphatic carbocycles. The number of carbonyl (C=O) groups excluding carboxylic acids is 1. The third-order valence-electron chi connectivity index (χ3n) is 9.80. The zero-order valence-electron chi connectivity index (χ0n) is 30.6. The highest BCUT2D eigenvalue weighted by atomic mass is 19.1. The van der Waals surface area contributed by atoms with Crippen LogP contribution < -0.4 is 9.64 Å². The molecule has 2 aliphatic heterocycles. The monoisotopic (exact) mass is 701 g/mol. The molecule has 1 N–H and O–H groups in total. The minimum Gasteiger partial charge on any atom is -0.490 e. The van der Waals surface area contributed by atoms with Crippen LogP contribution in [0.1, 0.15) is 68.5 Å². The number of carboxylic acids is 1. The molecule has 0 radical (unpaired) electrons. The van der Waals surface area contributed by atoms with Gasteiger partial charge in [0.05, 0.1) is 30.9 Å². The second-order valence-corrected chi connectivity index (χ2v) is 14.4. The van der Waals surface area contributed by atoms with E-state index < -0.39 is 23.5 Å². The number of hydrogen-bond donors (Lipinski definition) is 1. The predicted octanol–water partition coefficient (Wildman–Crippen LogP) is 6.40. The number of anilines is 1. The fourth-order valence-corrected chi connectivity index (χ4v) is 7.34. The average Bonchev–Trinajstić information content (AvgIpc) is 3.25. The van der Waals surface area contributed by atoms with Crippen LogP contribution in [-0.2, 0) is 32.5 Å². The van der Waals surface area contributed by atoms with Crippen LogP contribution in [0.2, 0.25) is 0 Å². The van der Waals surface area contributed by atoms with E-state index in [1.54, 1.807) is 20.2 Å². The number of carboxylic acid groups (broad SMARTS) is 1. The topological polar surface area (TPSA) is 119 Å². The van der Waals surface area contributed by atoms with Gasteiger partial charge in [-0.25, -0.2) is 19.2 Å². The second-order valence-electron chi connectivity index (χ2n) is 14.4. The van der Waals surface area contributed by atoms with Gasteiger partial charge in [0.1, 0.15) is 11.5 Å². The number of halogens is 1. The Labute approximate surface area is 298 Å². The van der Waals surface area contributed by atoms with E-state index in [0.717, 1.165) is 47.6 Å². The first-order valence-corrected chi connectivity index (χ1v) is 17.6. The fourth-order valence-electron chi connectivity index (χ4n) is 7.34. The number of rotatable bonds is 9. The van der Waals surface area contributed by atoms with Gasteiger partial charge in [0, 0.05) is 79.9 Å². The Hall–Kier alpha value is -4.55. The molecule has 1 fully saturated rings. The van der Waals surface area contributed by atoms with Crippen molar-refractivity contribution < 1.29 is 33.3 Å². The van der Waals surface area contributed by atoms with Crippen LogP contribution in [0.15, 0.2) is 30.5 Å². The lowest BCUT2D eigenvalue weighted by Crippen LogP contribution is -2.35. The van der Waals surface area contributed by atoms with Crippen molar-refractivity contribution in [1.29, 1.82) is 0 Å². The number of ether oxygens (including phenoxy) is 3. The summed E-state index contributed by atoms with van der Waals surface area (Å²) in [5, 5.41) is 11.3. The fraction of sp³-hybridized carbons (Fsp3) is 0.487. The zero-order valence-corrected chi connectivity index (χ0v) is 30.6. The van der Waals surface area contributed by atoms with E-state index in [1.807, 2.05) is 62.4 Å². The number of aromatic nitrogens is 3. The van der Waals surface area contributed by atoms with Gasteiger partial charge in [-0.1, -0.05) is 0 Å². The summed E-state index contributed by atoms with van der Waals surface area (Å²) in [7, 11) is 3.53. The van der Waals surface area contributed by atoms with Crippen LogP contribution in [0.25, 0.3) is 33.4 Å². The summed E-state index contributed by atoms with van der Waals surface area (Å²) in [5.41, 5.74) is 5.26. The Morgan fingerprint density at radius 2 is 1.88 bits per heavy atom. The lowest BCUT2D eigenvalue weighted by Gasteiger charge is -2.29. The number of pyridine rings is 2. The normalized spacial score (nSPS) is 15.8.